The molecule has 0 radical (unpaired) electrons. The molecule has 0 aliphatic heterocycles. The van der Waals surface area contributed by atoms with Gasteiger partial charge in [-0.3, -0.25) is 0 Å². The van der Waals surface area contributed by atoms with E-state index in [2.05, 4.69) is 40.5 Å². The van der Waals surface area contributed by atoms with Gasteiger partial charge in [0, 0.05) is 17.5 Å². The number of nitrogens with zero attached hydrogens (tertiary/aromatic N) is 2. The van der Waals surface area contributed by atoms with E-state index >= 15 is 0 Å². The number of rotatable bonds is 5. The van der Waals surface area contributed by atoms with Gasteiger partial charge in [-0.2, -0.15) is 4.98 Å². The third kappa shape index (κ3) is 2.71. The van der Waals surface area contributed by atoms with Crippen molar-refractivity contribution in [2.75, 3.05) is 17.2 Å². The number of thiophene rings is 1. The molecule has 3 rings (SSSR count). The summed E-state index contributed by atoms with van der Waals surface area (Å²) in [6.07, 6.45) is 2.48. The highest BCUT2D eigenvalue weighted by atomic mass is 32.1. The summed E-state index contributed by atoms with van der Waals surface area (Å²) in [4.78, 5) is 11.4. The monoisotopic (exact) mass is 292 g/mol. The molecule has 1 aliphatic rings. The first-order valence-electron chi connectivity index (χ1n) is 7.12. The van der Waals surface area contributed by atoms with Gasteiger partial charge in [0.1, 0.15) is 10.6 Å². The van der Waals surface area contributed by atoms with Crippen molar-refractivity contribution < 1.29 is 5.11 Å². The second-order valence-electron chi connectivity index (χ2n) is 5.36. The first-order chi connectivity index (χ1) is 9.65. The van der Waals surface area contributed by atoms with Crippen molar-refractivity contribution in [3.05, 3.63) is 10.9 Å². The van der Waals surface area contributed by atoms with Crippen LogP contribution in [-0.4, -0.2) is 33.8 Å². The van der Waals surface area contributed by atoms with Crippen molar-refractivity contribution in [1.82, 2.24) is 9.97 Å². The summed E-state index contributed by atoms with van der Waals surface area (Å²) >= 11 is 1.69. The first-order valence-corrected chi connectivity index (χ1v) is 7.94. The maximum Gasteiger partial charge on any atom is 0.226 e. The molecular formula is C14H20N4OS. The van der Waals surface area contributed by atoms with E-state index in [4.69, 9.17) is 0 Å². The lowest BCUT2D eigenvalue weighted by Gasteiger charge is -2.32. The number of hydrogen-bond donors (Lipinski definition) is 3. The Kier molecular flexibility index (Phi) is 3.76. The van der Waals surface area contributed by atoms with Crippen LogP contribution in [-0.2, 0) is 0 Å². The largest absolute Gasteiger partial charge is 0.393 e. The Morgan fingerprint density at radius 1 is 1.40 bits per heavy atom. The fraction of sp³-hybridized carbons (Fsp3) is 0.571. The molecule has 0 atom stereocenters. The average Bonchev–Trinajstić information content (AvgIpc) is 2.75. The number of anilines is 2. The van der Waals surface area contributed by atoms with Gasteiger partial charge in [0.15, 0.2) is 0 Å². The minimum Gasteiger partial charge on any atom is -0.393 e. The van der Waals surface area contributed by atoms with Gasteiger partial charge in [-0.15, -0.1) is 11.3 Å². The van der Waals surface area contributed by atoms with Gasteiger partial charge in [-0.05, 0) is 32.3 Å². The Labute approximate surface area is 122 Å². The Morgan fingerprint density at radius 3 is 2.90 bits per heavy atom. The first kappa shape index (κ1) is 13.6. The molecule has 5 nitrogen and oxygen atoms in total. The molecule has 2 heterocycles. The molecular weight excluding hydrogens is 272 g/mol. The van der Waals surface area contributed by atoms with E-state index in [9.17, 15) is 5.11 Å². The lowest BCUT2D eigenvalue weighted by Crippen LogP contribution is -2.39. The molecule has 6 heteroatoms. The van der Waals surface area contributed by atoms with Crippen molar-refractivity contribution in [1.29, 1.82) is 0 Å². The standard InChI is InChI=1S/C14H20N4OS/c1-3-4-15-14-17-12(16-9-6-10(19)7-9)11-5-8(2)20-13(11)18-14/h5,9-10,19H,3-4,6-7H2,1-2H3,(H2,15,16,17,18). The van der Waals surface area contributed by atoms with E-state index in [-0.39, 0.29) is 6.10 Å². The SMILES string of the molecule is CCCNc1nc(NC2CC(O)C2)c2cc(C)sc2n1. The zero-order valence-electron chi connectivity index (χ0n) is 11.8. The molecule has 2 aromatic rings. The van der Waals surface area contributed by atoms with E-state index in [1.165, 1.54) is 4.88 Å². The number of hydrogen-bond acceptors (Lipinski definition) is 6. The van der Waals surface area contributed by atoms with Crippen molar-refractivity contribution >= 4 is 33.3 Å². The fourth-order valence-electron chi connectivity index (χ4n) is 2.37. The van der Waals surface area contributed by atoms with Gasteiger partial charge in [-0.25, -0.2) is 4.98 Å². The van der Waals surface area contributed by atoms with E-state index in [1.54, 1.807) is 11.3 Å². The second kappa shape index (κ2) is 5.54. The van der Waals surface area contributed by atoms with Crippen LogP contribution in [0.3, 0.4) is 0 Å². The molecule has 0 unspecified atom stereocenters. The van der Waals surface area contributed by atoms with Crippen molar-refractivity contribution in [2.45, 2.75) is 45.3 Å². The average molecular weight is 292 g/mol. The summed E-state index contributed by atoms with van der Waals surface area (Å²) in [6, 6.07) is 2.45. The van der Waals surface area contributed by atoms with Crippen molar-refractivity contribution in [3.8, 4) is 0 Å². The smallest absolute Gasteiger partial charge is 0.226 e. The van der Waals surface area contributed by atoms with Crippen molar-refractivity contribution in [2.24, 2.45) is 0 Å². The van der Waals surface area contributed by atoms with Gasteiger partial charge >= 0.3 is 0 Å². The van der Waals surface area contributed by atoms with Crippen LogP contribution in [0, 0.1) is 6.92 Å². The molecule has 2 aromatic heterocycles. The highest BCUT2D eigenvalue weighted by Crippen LogP contribution is 2.32. The minimum absolute atomic E-state index is 0.160. The number of aryl methyl sites for hydroxylation is 1. The maximum atomic E-state index is 9.40. The van der Waals surface area contributed by atoms with Crippen LogP contribution in [0.25, 0.3) is 10.2 Å². The lowest BCUT2D eigenvalue weighted by molar-refractivity contribution is 0.0836. The summed E-state index contributed by atoms with van der Waals surface area (Å²) in [5.74, 6) is 1.57. The predicted molar refractivity (Wildman–Crippen MR) is 83.6 cm³/mol. The Hall–Kier alpha value is -1.40. The van der Waals surface area contributed by atoms with Crippen molar-refractivity contribution in [3.63, 3.8) is 0 Å². The topological polar surface area (TPSA) is 70.1 Å². The van der Waals surface area contributed by atoms with E-state index in [0.717, 1.165) is 41.8 Å². The second-order valence-corrected chi connectivity index (χ2v) is 6.60. The van der Waals surface area contributed by atoms with Crippen LogP contribution in [0.15, 0.2) is 6.07 Å². The molecule has 108 valence electrons. The summed E-state index contributed by atoms with van der Waals surface area (Å²) < 4.78 is 0. The maximum absolute atomic E-state index is 9.40. The molecule has 20 heavy (non-hydrogen) atoms. The molecule has 1 saturated carbocycles. The lowest BCUT2D eigenvalue weighted by atomic mass is 9.89. The quantitative estimate of drug-likeness (QED) is 0.790. The van der Waals surface area contributed by atoms with E-state index in [1.807, 2.05) is 0 Å². The molecule has 1 fully saturated rings. The number of aliphatic hydroxyl groups excluding tert-OH is 1. The fourth-order valence-corrected chi connectivity index (χ4v) is 3.25. The summed E-state index contributed by atoms with van der Waals surface area (Å²) in [5, 5.41) is 17.2. The van der Waals surface area contributed by atoms with E-state index in [0.29, 0.717) is 12.0 Å². The number of fused-ring (bicyclic) bond motifs is 1. The van der Waals surface area contributed by atoms with Gasteiger partial charge in [0.2, 0.25) is 5.95 Å². The van der Waals surface area contributed by atoms with Gasteiger partial charge < -0.3 is 15.7 Å². The molecule has 0 aromatic carbocycles. The zero-order chi connectivity index (χ0) is 14.1. The summed E-state index contributed by atoms with van der Waals surface area (Å²) in [7, 11) is 0. The highest BCUT2D eigenvalue weighted by Gasteiger charge is 2.28. The summed E-state index contributed by atoms with van der Waals surface area (Å²) in [6.45, 7) is 5.08. The van der Waals surface area contributed by atoms with E-state index < -0.39 is 0 Å². The highest BCUT2D eigenvalue weighted by molar-refractivity contribution is 7.18. The van der Waals surface area contributed by atoms with Crippen LogP contribution in [0.1, 0.15) is 31.1 Å². The third-order valence-corrected chi connectivity index (χ3v) is 4.45. The van der Waals surface area contributed by atoms with Crippen LogP contribution in [0.5, 0.6) is 0 Å². The number of nitrogens with one attached hydrogen (secondary N) is 2. The normalized spacial score (nSPS) is 21.8. The van der Waals surface area contributed by atoms with Gasteiger partial charge in [0.05, 0.1) is 11.5 Å². The Bertz CT molecular complexity index is 606. The minimum atomic E-state index is -0.160. The molecule has 1 aliphatic carbocycles. The molecule has 0 spiro atoms. The Morgan fingerprint density at radius 2 is 2.20 bits per heavy atom. The van der Waals surface area contributed by atoms with Gasteiger partial charge in [-0.1, -0.05) is 6.92 Å². The molecule has 3 N–H and O–H groups in total. The summed E-state index contributed by atoms with van der Waals surface area (Å²) in [5.41, 5.74) is 0. The van der Waals surface area contributed by atoms with Crippen LogP contribution in [0.4, 0.5) is 11.8 Å². The molecule has 0 bridgehead atoms. The molecule has 0 saturated heterocycles. The Balaban J connectivity index is 1.89. The van der Waals surface area contributed by atoms with Crippen LogP contribution in [0.2, 0.25) is 0 Å². The van der Waals surface area contributed by atoms with Crippen LogP contribution >= 0.6 is 11.3 Å². The van der Waals surface area contributed by atoms with Gasteiger partial charge in [0.25, 0.3) is 0 Å². The number of aliphatic hydroxyl groups is 1. The molecule has 0 amide bonds. The number of aromatic nitrogens is 2. The third-order valence-electron chi connectivity index (χ3n) is 3.50. The predicted octanol–water partition coefficient (Wildman–Crippen LogP) is 2.76. The van der Waals surface area contributed by atoms with Crippen LogP contribution < -0.4 is 10.6 Å². The zero-order valence-corrected chi connectivity index (χ0v) is 12.6.